The van der Waals surface area contributed by atoms with Crippen LogP contribution in [0.4, 0.5) is 30.2 Å². The van der Waals surface area contributed by atoms with Crippen molar-refractivity contribution in [2.45, 2.75) is 13.1 Å². The Bertz CT molecular complexity index is 579. The van der Waals surface area contributed by atoms with Crippen molar-refractivity contribution < 1.29 is 13.2 Å². The Morgan fingerprint density at radius 1 is 1.05 bits per heavy atom. The molecule has 20 heavy (non-hydrogen) atoms. The van der Waals surface area contributed by atoms with Gasteiger partial charge in [0.25, 0.3) is 0 Å². The van der Waals surface area contributed by atoms with Crippen molar-refractivity contribution in [2.24, 2.45) is 0 Å². The molecule has 0 aliphatic carbocycles. The molecular formula is C15H15F3N2. The van der Waals surface area contributed by atoms with Crippen molar-refractivity contribution in [2.75, 3.05) is 17.2 Å². The van der Waals surface area contributed by atoms with Gasteiger partial charge in [0.1, 0.15) is 0 Å². The normalized spacial score (nSPS) is 11.4. The van der Waals surface area contributed by atoms with Gasteiger partial charge < -0.3 is 10.6 Å². The minimum atomic E-state index is -4.38. The number of hydrogen-bond acceptors (Lipinski definition) is 2. The number of rotatable bonds is 3. The second-order valence-corrected chi connectivity index (χ2v) is 4.35. The summed E-state index contributed by atoms with van der Waals surface area (Å²) in [5, 5.41) is 0. The third-order valence-corrected chi connectivity index (χ3v) is 3.03. The van der Waals surface area contributed by atoms with Crippen LogP contribution in [0.2, 0.25) is 0 Å². The topological polar surface area (TPSA) is 29.3 Å². The molecule has 2 aromatic rings. The number of hydrogen-bond donors (Lipinski definition) is 1. The molecule has 0 atom stereocenters. The lowest BCUT2D eigenvalue weighted by atomic mass is 10.1. The van der Waals surface area contributed by atoms with E-state index in [1.54, 1.807) is 0 Å². The van der Waals surface area contributed by atoms with Gasteiger partial charge in [-0.3, -0.25) is 0 Å². The maximum Gasteiger partial charge on any atom is 0.416 e. The van der Waals surface area contributed by atoms with Gasteiger partial charge in [0.2, 0.25) is 0 Å². The molecule has 5 heteroatoms. The maximum absolute atomic E-state index is 12.6. The summed E-state index contributed by atoms with van der Waals surface area (Å²) in [5.74, 6) is 0. The van der Waals surface area contributed by atoms with Crippen molar-refractivity contribution >= 4 is 17.1 Å². The van der Waals surface area contributed by atoms with Crippen LogP contribution in [-0.4, -0.2) is 6.54 Å². The summed E-state index contributed by atoms with van der Waals surface area (Å²) < 4.78 is 37.9. The molecule has 2 aromatic carbocycles. The van der Waals surface area contributed by atoms with Gasteiger partial charge in [-0.15, -0.1) is 0 Å². The predicted octanol–water partition coefficient (Wildman–Crippen LogP) is 4.45. The fraction of sp³-hybridized carbons (Fsp3) is 0.200. The van der Waals surface area contributed by atoms with Crippen LogP contribution in [0.3, 0.4) is 0 Å². The van der Waals surface area contributed by atoms with Crippen molar-refractivity contribution in [3.05, 3.63) is 54.1 Å². The SMILES string of the molecule is CCN(c1ccccc1)c1ccc(C(F)(F)F)cc1N. The number of benzene rings is 2. The number of alkyl halides is 3. The Morgan fingerprint density at radius 3 is 2.20 bits per heavy atom. The van der Waals surface area contributed by atoms with Gasteiger partial charge in [-0.1, -0.05) is 18.2 Å². The first kappa shape index (κ1) is 14.2. The van der Waals surface area contributed by atoms with E-state index in [-0.39, 0.29) is 5.69 Å². The van der Waals surface area contributed by atoms with Crippen LogP contribution >= 0.6 is 0 Å². The smallest absolute Gasteiger partial charge is 0.397 e. The zero-order chi connectivity index (χ0) is 14.8. The van der Waals surface area contributed by atoms with E-state index in [0.717, 1.165) is 17.8 Å². The number of para-hydroxylation sites is 1. The van der Waals surface area contributed by atoms with Crippen LogP contribution in [-0.2, 0) is 6.18 Å². The Balaban J connectivity index is 2.42. The number of nitrogen functional groups attached to an aromatic ring is 1. The first-order valence-corrected chi connectivity index (χ1v) is 6.22. The van der Waals surface area contributed by atoms with E-state index >= 15 is 0 Å². The van der Waals surface area contributed by atoms with Gasteiger partial charge in [0, 0.05) is 12.2 Å². The van der Waals surface area contributed by atoms with Gasteiger partial charge in [-0.25, -0.2) is 0 Å². The van der Waals surface area contributed by atoms with Crippen LogP contribution in [0.5, 0.6) is 0 Å². The van der Waals surface area contributed by atoms with Crippen LogP contribution < -0.4 is 10.6 Å². The number of anilines is 3. The molecule has 106 valence electrons. The average molecular weight is 280 g/mol. The molecule has 0 fully saturated rings. The van der Waals surface area contributed by atoms with Crippen molar-refractivity contribution in [3.8, 4) is 0 Å². The largest absolute Gasteiger partial charge is 0.416 e. The van der Waals surface area contributed by atoms with E-state index in [2.05, 4.69) is 0 Å². The molecule has 0 spiro atoms. The summed E-state index contributed by atoms with van der Waals surface area (Å²) in [6.07, 6.45) is -4.38. The standard InChI is InChI=1S/C15H15F3N2/c1-2-20(12-6-4-3-5-7-12)14-9-8-11(10-13(14)19)15(16,17)18/h3-10H,2,19H2,1H3. The monoisotopic (exact) mass is 280 g/mol. The lowest BCUT2D eigenvalue weighted by Gasteiger charge is -2.25. The Morgan fingerprint density at radius 2 is 1.70 bits per heavy atom. The molecule has 2 nitrogen and oxygen atoms in total. The van der Waals surface area contributed by atoms with E-state index in [1.165, 1.54) is 6.07 Å². The Kier molecular flexibility index (Phi) is 3.88. The highest BCUT2D eigenvalue weighted by molar-refractivity contribution is 5.75. The van der Waals surface area contributed by atoms with Crippen LogP contribution in [0.25, 0.3) is 0 Å². The summed E-state index contributed by atoms with van der Waals surface area (Å²) in [6, 6.07) is 12.8. The van der Waals surface area contributed by atoms with Gasteiger partial charge in [-0.2, -0.15) is 13.2 Å². The minimum absolute atomic E-state index is 0.116. The van der Waals surface area contributed by atoms with Crippen LogP contribution in [0, 0.1) is 0 Å². The second-order valence-electron chi connectivity index (χ2n) is 4.35. The highest BCUT2D eigenvalue weighted by Crippen LogP contribution is 2.36. The molecule has 0 aliphatic rings. The van der Waals surface area contributed by atoms with Gasteiger partial charge in [0.15, 0.2) is 0 Å². The van der Waals surface area contributed by atoms with E-state index in [0.29, 0.717) is 12.2 Å². The highest BCUT2D eigenvalue weighted by Gasteiger charge is 2.31. The Hall–Kier alpha value is -2.17. The lowest BCUT2D eigenvalue weighted by Crippen LogP contribution is -2.18. The van der Waals surface area contributed by atoms with E-state index in [9.17, 15) is 13.2 Å². The molecular weight excluding hydrogens is 265 g/mol. The highest BCUT2D eigenvalue weighted by atomic mass is 19.4. The molecule has 0 bridgehead atoms. The molecule has 0 aromatic heterocycles. The van der Waals surface area contributed by atoms with E-state index < -0.39 is 11.7 Å². The first-order chi connectivity index (χ1) is 9.43. The predicted molar refractivity (Wildman–Crippen MR) is 75.0 cm³/mol. The summed E-state index contributed by atoms with van der Waals surface area (Å²) in [7, 11) is 0. The van der Waals surface area contributed by atoms with Gasteiger partial charge >= 0.3 is 6.18 Å². The third kappa shape index (κ3) is 2.87. The summed E-state index contributed by atoms with van der Waals surface area (Å²) >= 11 is 0. The summed E-state index contributed by atoms with van der Waals surface area (Å²) in [5.41, 5.74) is 6.64. The number of nitrogens with zero attached hydrogens (tertiary/aromatic N) is 1. The van der Waals surface area contributed by atoms with Crippen molar-refractivity contribution in [1.82, 2.24) is 0 Å². The third-order valence-electron chi connectivity index (χ3n) is 3.03. The zero-order valence-corrected chi connectivity index (χ0v) is 11.0. The first-order valence-electron chi connectivity index (χ1n) is 6.22. The summed E-state index contributed by atoms with van der Waals surface area (Å²) in [4.78, 5) is 1.87. The Labute approximate surface area is 115 Å². The second kappa shape index (κ2) is 5.45. The minimum Gasteiger partial charge on any atom is -0.397 e. The van der Waals surface area contributed by atoms with E-state index in [1.807, 2.05) is 42.2 Å². The molecule has 0 saturated carbocycles. The van der Waals surface area contributed by atoms with Crippen LogP contribution in [0.1, 0.15) is 12.5 Å². The molecule has 2 N–H and O–H groups in total. The quantitative estimate of drug-likeness (QED) is 0.842. The van der Waals surface area contributed by atoms with Crippen molar-refractivity contribution in [3.63, 3.8) is 0 Å². The van der Waals surface area contributed by atoms with Gasteiger partial charge in [0.05, 0.1) is 16.9 Å². The molecule has 0 aliphatic heterocycles. The number of nitrogens with two attached hydrogens (primary N) is 1. The average Bonchev–Trinajstić information content (AvgIpc) is 2.41. The van der Waals surface area contributed by atoms with Crippen LogP contribution in [0.15, 0.2) is 48.5 Å². The maximum atomic E-state index is 12.6. The zero-order valence-electron chi connectivity index (χ0n) is 11.0. The molecule has 2 rings (SSSR count). The van der Waals surface area contributed by atoms with E-state index in [4.69, 9.17) is 5.73 Å². The lowest BCUT2D eigenvalue weighted by molar-refractivity contribution is -0.137. The fourth-order valence-electron chi connectivity index (χ4n) is 2.08. The van der Waals surface area contributed by atoms with Crippen molar-refractivity contribution in [1.29, 1.82) is 0 Å². The number of halogens is 3. The summed E-state index contributed by atoms with van der Waals surface area (Å²) in [6.45, 7) is 2.53. The van der Waals surface area contributed by atoms with Gasteiger partial charge in [-0.05, 0) is 37.3 Å². The molecule has 0 heterocycles. The fourth-order valence-corrected chi connectivity index (χ4v) is 2.08. The molecule has 0 amide bonds. The molecule has 0 radical (unpaired) electrons. The molecule has 0 saturated heterocycles. The molecule has 0 unspecified atom stereocenters.